The maximum Gasteiger partial charge on any atom is 0.341 e. The third kappa shape index (κ3) is 4.84. The molecular formula is C19H24N2O5. The number of carboxylic acid groups (broad SMARTS) is 1. The molecule has 1 heterocycles. The SMILES string of the molecule is Cc1cc(C(=O)NCc2ncc(C(C)(C)C)o2)cc(C)c1OCC(=O)O. The number of nitrogens with one attached hydrogen (secondary N) is 1. The average molecular weight is 360 g/mol. The van der Waals surface area contributed by atoms with Crippen molar-refractivity contribution in [1.82, 2.24) is 10.3 Å². The van der Waals surface area contributed by atoms with E-state index >= 15 is 0 Å². The molecule has 0 bridgehead atoms. The molecule has 0 unspecified atom stereocenters. The van der Waals surface area contributed by atoms with Crippen LogP contribution < -0.4 is 10.1 Å². The Morgan fingerprint density at radius 2 is 1.85 bits per heavy atom. The first-order valence-electron chi connectivity index (χ1n) is 8.27. The van der Waals surface area contributed by atoms with E-state index in [-0.39, 0.29) is 17.9 Å². The Morgan fingerprint density at radius 3 is 2.35 bits per heavy atom. The van der Waals surface area contributed by atoms with E-state index in [1.807, 2.05) is 20.8 Å². The number of aliphatic carboxylic acids is 1. The number of carboxylic acids is 1. The van der Waals surface area contributed by atoms with Crippen LogP contribution in [0.4, 0.5) is 0 Å². The molecule has 0 saturated carbocycles. The summed E-state index contributed by atoms with van der Waals surface area (Å²) in [6.45, 7) is 9.37. The van der Waals surface area contributed by atoms with E-state index in [0.29, 0.717) is 28.3 Å². The van der Waals surface area contributed by atoms with E-state index < -0.39 is 12.6 Å². The van der Waals surface area contributed by atoms with Gasteiger partial charge in [0.2, 0.25) is 5.89 Å². The second-order valence-electron chi connectivity index (χ2n) is 7.17. The third-order valence-electron chi connectivity index (χ3n) is 3.76. The van der Waals surface area contributed by atoms with Crippen LogP contribution in [0.25, 0.3) is 0 Å². The number of rotatable bonds is 6. The van der Waals surface area contributed by atoms with E-state index in [9.17, 15) is 9.59 Å². The van der Waals surface area contributed by atoms with Gasteiger partial charge in [-0.25, -0.2) is 9.78 Å². The molecule has 1 amide bonds. The highest BCUT2D eigenvalue weighted by molar-refractivity contribution is 5.94. The molecule has 2 rings (SSSR count). The van der Waals surface area contributed by atoms with Crippen molar-refractivity contribution >= 4 is 11.9 Å². The van der Waals surface area contributed by atoms with Crippen molar-refractivity contribution in [2.75, 3.05) is 6.61 Å². The molecule has 2 N–H and O–H groups in total. The summed E-state index contributed by atoms with van der Waals surface area (Å²) in [5.41, 5.74) is 1.71. The number of aromatic nitrogens is 1. The number of carbonyl (C=O) groups excluding carboxylic acids is 1. The molecule has 0 spiro atoms. The van der Waals surface area contributed by atoms with Crippen LogP contribution in [0.1, 0.15) is 53.9 Å². The standard InChI is InChI=1S/C19H24N2O5/c1-11-6-13(7-12(2)17(11)25-10-16(22)23)18(24)21-9-15-20-8-14(26-15)19(3,4)5/h6-8H,9-10H2,1-5H3,(H,21,24)(H,22,23). The summed E-state index contributed by atoms with van der Waals surface area (Å²) in [5, 5.41) is 11.5. The number of nitrogens with zero attached hydrogens (tertiary/aromatic N) is 1. The van der Waals surface area contributed by atoms with Crippen LogP contribution >= 0.6 is 0 Å². The van der Waals surface area contributed by atoms with E-state index in [1.165, 1.54) is 0 Å². The molecule has 0 radical (unpaired) electrons. The van der Waals surface area contributed by atoms with Crippen LogP contribution in [-0.2, 0) is 16.8 Å². The molecule has 0 saturated heterocycles. The molecule has 1 aromatic heterocycles. The molecule has 0 aliphatic heterocycles. The van der Waals surface area contributed by atoms with Crippen LogP contribution in [0.3, 0.4) is 0 Å². The van der Waals surface area contributed by atoms with Gasteiger partial charge in [0.1, 0.15) is 11.5 Å². The zero-order valence-corrected chi connectivity index (χ0v) is 15.7. The Kier molecular flexibility index (Phi) is 5.69. The molecule has 0 aliphatic carbocycles. The summed E-state index contributed by atoms with van der Waals surface area (Å²) >= 11 is 0. The zero-order valence-electron chi connectivity index (χ0n) is 15.7. The molecular weight excluding hydrogens is 336 g/mol. The molecule has 26 heavy (non-hydrogen) atoms. The van der Waals surface area contributed by atoms with Gasteiger partial charge in [-0.15, -0.1) is 0 Å². The van der Waals surface area contributed by atoms with Gasteiger partial charge in [-0.2, -0.15) is 0 Å². The van der Waals surface area contributed by atoms with Gasteiger partial charge in [-0.1, -0.05) is 20.8 Å². The summed E-state index contributed by atoms with van der Waals surface area (Å²) in [5.74, 6) is 0.362. The predicted octanol–water partition coefficient (Wildman–Crippen LogP) is 2.98. The number of aryl methyl sites for hydroxylation is 2. The molecule has 0 fully saturated rings. The van der Waals surface area contributed by atoms with Crippen LogP contribution in [0.2, 0.25) is 0 Å². The minimum absolute atomic E-state index is 0.144. The van der Waals surface area contributed by atoms with Crippen molar-refractivity contribution < 1.29 is 23.8 Å². The minimum Gasteiger partial charge on any atom is -0.481 e. The molecule has 140 valence electrons. The Labute approximate surface area is 152 Å². The van der Waals surface area contributed by atoms with Gasteiger partial charge >= 0.3 is 5.97 Å². The predicted molar refractivity (Wildman–Crippen MR) is 95.4 cm³/mol. The Balaban J connectivity index is 2.05. The van der Waals surface area contributed by atoms with Gasteiger partial charge in [-0.05, 0) is 37.1 Å². The van der Waals surface area contributed by atoms with E-state index in [1.54, 1.807) is 32.2 Å². The molecule has 2 aromatic rings. The van der Waals surface area contributed by atoms with Gasteiger partial charge in [0, 0.05) is 11.0 Å². The summed E-state index contributed by atoms with van der Waals surface area (Å²) in [4.78, 5) is 27.2. The first kappa shape index (κ1) is 19.5. The summed E-state index contributed by atoms with van der Waals surface area (Å²) in [6.07, 6.45) is 1.67. The number of amides is 1. The average Bonchev–Trinajstić information content (AvgIpc) is 3.00. The zero-order chi connectivity index (χ0) is 19.5. The topological polar surface area (TPSA) is 102 Å². The van der Waals surface area contributed by atoms with Gasteiger partial charge in [0.15, 0.2) is 6.61 Å². The number of oxazole rings is 1. The Bertz CT molecular complexity index is 795. The molecule has 7 nitrogen and oxygen atoms in total. The summed E-state index contributed by atoms with van der Waals surface area (Å²) < 4.78 is 10.9. The lowest BCUT2D eigenvalue weighted by molar-refractivity contribution is -0.139. The van der Waals surface area contributed by atoms with E-state index in [4.69, 9.17) is 14.3 Å². The van der Waals surface area contributed by atoms with Gasteiger partial charge in [0.05, 0.1) is 12.7 Å². The largest absolute Gasteiger partial charge is 0.481 e. The van der Waals surface area contributed by atoms with Crippen molar-refractivity contribution in [2.45, 2.75) is 46.6 Å². The second-order valence-corrected chi connectivity index (χ2v) is 7.17. The molecule has 1 aromatic carbocycles. The Morgan fingerprint density at radius 1 is 1.23 bits per heavy atom. The molecule has 0 atom stereocenters. The maximum atomic E-state index is 12.4. The second kappa shape index (κ2) is 7.59. The monoisotopic (exact) mass is 360 g/mol. The van der Waals surface area contributed by atoms with Crippen LogP contribution in [-0.4, -0.2) is 28.6 Å². The fourth-order valence-electron chi connectivity index (χ4n) is 2.44. The number of ether oxygens (including phenoxy) is 1. The van der Waals surface area contributed by atoms with Gasteiger partial charge < -0.3 is 19.6 Å². The lowest BCUT2D eigenvalue weighted by Gasteiger charge is -2.13. The van der Waals surface area contributed by atoms with Crippen molar-refractivity contribution in [2.24, 2.45) is 0 Å². The van der Waals surface area contributed by atoms with Crippen LogP contribution in [0, 0.1) is 13.8 Å². The first-order valence-corrected chi connectivity index (χ1v) is 8.27. The van der Waals surface area contributed by atoms with Crippen molar-refractivity contribution in [1.29, 1.82) is 0 Å². The lowest BCUT2D eigenvalue weighted by Crippen LogP contribution is -2.23. The van der Waals surface area contributed by atoms with Gasteiger partial charge in [-0.3, -0.25) is 4.79 Å². The van der Waals surface area contributed by atoms with E-state index in [2.05, 4.69) is 10.3 Å². The van der Waals surface area contributed by atoms with E-state index in [0.717, 1.165) is 5.76 Å². The minimum atomic E-state index is -1.05. The normalized spacial score (nSPS) is 11.3. The summed E-state index contributed by atoms with van der Waals surface area (Å²) in [7, 11) is 0. The fraction of sp³-hybridized carbons (Fsp3) is 0.421. The highest BCUT2D eigenvalue weighted by atomic mass is 16.5. The van der Waals surface area contributed by atoms with Gasteiger partial charge in [0.25, 0.3) is 5.91 Å². The first-order chi connectivity index (χ1) is 12.1. The smallest absolute Gasteiger partial charge is 0.341 e. The van der Waals surface area contributed by atoms with Crippen LogP contribution in [0.15, 0.2) is 22.7 Å². The quantitative estimate of drug-likeness (QED) is 0.821. The number of hydrogen-bond acceptors (Lipinski definition) is 5. The molecule has 7 heteroatoms. The fourth-order valence-corrected chi connectivity index (χ4v) is 2.44. The Hall–Kier alpha value is -2.83. The van der Waals surface area contributed by atoms with Crippen molar-refractivity contribution in [3.63, 3.8) is 0 Å². The van der Waals surface area contributed by atoms with Crippen LogP contribution in [0.5, 0.6) is 5.75 Å². The lowest BCUT2D eigenvalue weighted by atomic mass is 9.94. The maximum absolute atomic E-state index is 12.4. The highest BCUT2D eigenvalue weighted by Crippen LogP contribution is 2.25. The van der Waals surface area contributed by atoms with Crippen molar-refractivity contribution in [3.05, 3.63) is 46.7 Å². The summed E-state index contributed by atoms with van der Waals surface area (Å²) in [6, 6.07) is 3.32. The molecule has 0 aliphatic rings. The van der Waals surface area contributed by atoms with Crippen molar-refractivity contribution in [3.8, 4) is 5.75 Å². The number of carbonyl (C=O) groups is 2. The number of benzene rings is 1. The number of hydrogen-bond donors (Lipinski definition) is 2. The highest BCUT2D eigenvalue weighted by Gasteiger charge is 2.19. The third-order valence-corrected chi connectivity index (χ3v) is 3.76.